The van der Waals surface area contributed by atoms with Crippen molar-refractivity contribution in [3.05, 3.63) is 0 Å². The van der Waals surface area contributed by atoms with Gasteiger partial charge in [-0.2, -0.15) is 0 Å². The first-order valence-corrected chi connectivity index (χ1v) is 7.74. The minimum absolute atomic E-state index is 0.528. The third kappa shape index (κ3) is 8.80. The van der Waals surface area contributed by atoms with E-state index < -0.39 is 21.1 Å². The van der Waals surface area contributed by atoms with Crippen LogP contribution in [0.3, 0.4) is 0 Å². The van der Waals surface area contributed by atoms with E-state index >= 15 is 0 Å². The van der Waals surface area contributed by atoms with Crippen LogP contribution in [0, 0.1) is 0 Å². The molecule has 0 amide bonds. The standard InChI is InChI=1S/2C4H9.Sn.2H/c2*1-4(2)3;;;/h2*1-3H3;;;. The van der Waals surface area contributed by atoms with E-state index in [0.717, 1.165) is 0 Å². The van der Waals surface area contributed by atoms with Crippen LogP contribution in [0.4, 0.5) is 0 Å². The second-order valence-corrected chi connectivity index (χ2v) is 18.4. The molecule has 0 N–H and O–H groups in total. The summed E-state index contributed by atoms with van der Waals surface area (Å²) < 4.78 is 1.39. The average Bonchev–Trinajstić information content (AvgIpc) is 1.14. The average molecular weight is 235 g/mol. The Morgan fingerprint density at radius 3 is 0.889 bits per heavy atom. The van der Waals surface area contributed by atoms with Crippen LogP contribution in [0.5, 0.6) is 0 Å². The summed E-state index contributed by atoms with van der Waals surface area (Å²) in [6.07, 6.45) is 0. The molecule has 0 heterocycles. The fourth-order valence-electron chi connectivity index (χ4n) is 1.59. The molecule has 0 aromatic heterocycles. The molecule has 0 nitrogen and oxygen atoms in total. The van der Waals surface area contributed by atoms with Crippen molar-refractivity contribution in [3.8, 4) is 0 Å². The van der Waals surface area contributed by atoms with Gasteiger partial charge in [-0.05, 0) is 0 Å². The Morgan fingerprint density at radius 2 is 0.889 bits per heavy atom. The number of hydrogen-bond donors (Lipinski definition) is 0. The van der Waals surface area contributed by atoms with Crippen molar-refractivity contribution in [2.45, 2.75) is 48.4 Å². The zero-order valence-electron chi connectivity index (χ0n) is 7.71. The molecule has 1 heteroatoms. The van der Waals surface area contributed by atoms with Crippen molar-refractivity contribution in [1.82, 2.24) is 0 Å². The summed E-state index contributed by atoms with van der Waals surface area (Å²) in [5.41, 5.74) is 0. The number of hydrogen-bond acceptors (Lipinski definition) is 0. The van der Waals surface area contributed by atoms with Crippen molar-refractivity contribution in [3.63, 3.8) is 0 Å². The molecule has 0 saturated carbocycles. The second-order valence-electron chi connectivity index (χ2n) is 5.30. The molecular weight excluding hydrogens is 215 g/mol. The van der Waals surface area contributed by atoms with Gasteiger partial charge in [0.05, 0.1) is 0 Å². The first-order valence-electron chi connectivity index (χ1n) is 3.71. The fraction of sp³-hybridized carbons (Fsp3) is 1.00. The Morgan fingerprint density at radius 1 is 0.667 bits per heavy atom. The zero-order valence-corrected chi connectivity index (χ0v) is 11.7. The van der Waals surface area contributed by atoms with Gasteiger partial charge < -0.3 is 0 Å². The van der Waals surface area contributed by atoms with E-state index in [4.69, 9.17) is 0 Å². The van der Waals surface area contributed by atoms with Crippen molar-refractivity contribution in [1.29, 1.82) is 0 Å². The summed E-state index contributed by atoms with van der Waals surface area (Å²) in [5, 5.41) is 0. The van der Waals surface area contributed by atoms with E-state index in [0.29, 0.717) is 6.86 Å². The molecule has 0 aliphatic heterocycles. The second kappa shape index (κ2) is 2.81. The maximum absolute atomic E-state index is 2.38. The molecule has 9 heavy (non-hydrogen) atoms. The molecule has 0 bridgehead atoms. The topological polar surface area (TPSA) is 0 Å². The normalized spacial score (nSPS) is 14.0. The Kier molecular flexibility index (Phi) is 3.06. The van der Waals surface area contributed by atoms with Crippen LogP contribution < -0.4 is 0 Å². The van der Waals surface area contributed by atoms with E-state index in [-0.39, 0.29) is 0 Å². The van der Waals surface area contributed by atoms with Crippen LogP contribution in [0.2, 0.25) is 6.86 Å². The molecule has 0 aromatic carbocycles. The quantitative estimate of drug-likeness (QED) is 0.566. The van der Waals surface area contributed by atoms with Gasteiger partial charge in [-0.15, -0.1) is 0 Å². The molecule has 0 atom stereocenters. The molecule has 0 radical (unpaired) electrons. The van der Waals surface area contributed by atoms with Crippen LogP contribution in [-0.2, 0) is 0 Å². The van der Waals surface area contributed by atoms with E-state index in [1.165, 1.54) is 0 Å². The van der Waals surface area contributed by atoms with Crippen LogP contribution in [0.1, 0.15) is 41.5 Å². The van der Waals surface area contributed by atoms with E-state index in [1.54, 1.807) is 0 Å². The van der Waals surface area contributed by atoms with Crippen LogP contribution in [0.25, 0.3) is 0 Å². The minimum atomic E-state index is -0.528. The molecule has 0 fully saturated rings. The summed E-state index contributed by atoms with van der Waals surface area (Å²) in [6.45, 7) is 14.3. The van der Waals surface area contributed by atoms with Crippen molar-refractivity contribution in [2.75, 3.05) is 0 Å². The first-order chi connectivity index (χ1) is 3.71. The van der Waals surface area contributed by atoms with E-state index in [2.05, 4.69) is 41.5 Å². The third-order valence-electron chi connectivity index (χ3n) is 1.06. The molecule has 56 valence electrons. The Bertz CT molecular complexity index is 69.7. The van der Waals surface area contributed by atoms with Crippen molar-refractivity contribution >= 4 is 21.1 Å². The molecular formula is C8H20Sn. The Balaban J connectivity index is 3.75. The monoisotopic (exact) mass is 236 g/mol. The van der Waals surface area contributed by atoms with Gasteiger partial charge in [-0.3, -0.25) is 0 Å². The summed E-state index contributed by atoms with van der Waals surface area (Å²) >= 11 is -0.528. The predicted molar refractivity (Wildman–Crippen MR) is 48.0 cm³/mol. The molecule has 0 spiro atoms. The van der Waals surface area contributed by atoms with Gasteiger partial charge in [0.15, 0.2) is 0 Å². The number of rotatable bonds is 0. The van der Waals surface area contributed by atoms with Crippen molar-refractivity contribution < 1.29 is 0 Å². The Labute approximate surface area is 69.6 Å². The van der Waals surface area contributed by atoms with Gasteiger partial charge in [0.2, 0.25) is 0 Å². The molecule has 0 unspecified atom stereocenters. The zero-order chi connectivity index (χ0) is 7.71. The van der Waals surface area contributed by atoms with E-state index in [9.17, 15) is 0 Å². The van der Waals surface area contributed by atoms with Gasteiger partial charge in [-0.1, -0.05) is 0 Å². The first kappa shape index (κ1) is 9.80. The fourth-order valence-corrected chi connectivity index (χ4v) is 10.7. The van der Waals surface area contributed by atoms with E-state index in [1.807, 2.05) is 0 Å². The van der Waals surface area contributed by atoms with Gasteiger partial charge in [0, 0.05) is 0 Å². The van der Waals surface area contributed by atoms with Crippen molar-refractivity contribution in [2.24, 2.45) is 0 Å². The van der Waals surface area contributed by atoms with Gasteiger partial charge >= 0.3 is 69.5 Å². The summed E-state index contributed by atoms with van der Waals surface area (Å²) in [4.78, 5) is 0. The van der Waals surface area contributed by atoms with Gasteiger partial charge in [-0.25, -0.2) is 0 Å². The van der Waals surface area contributed by atoms with Crippen LogP contribution in [-0.4, -0.2) is 21.1 Å². The van der Waals surface area contributed by atoms with Gasteiger partial charge in [0.1, 0.15) is 0 Å². The molecule has 0 aromatic rings. The molecule has 0 saturated heterocycles. The SMILES string of the molecule is C[C](C)(C)[SnH2][C](C)(C)C. The Hall–Kier alpha value is 0.799. The molecule has 0 aliphatic carbocycles. The van der Waals surface area contributed by atoms with Crippen LogP contribution >= 0.6 is 0 Å². The van der Waals surface area contributed by atoms with Gasteiger partial charge in [0.25, 0.3) is 0 Å². The molecule has 0 aliphatic rings. The summed E-state index contributed by atoms with van der Waals surface area (Å²) in [7, 11) is 0. The maximum atomic E-state index is 2.38. The summed E-state index contributed by atoms with van der Waals surface area (Å²) in [6, 6.07) is 0. The molecule has 0 rings (SSSR count). The third-order valence-corrected chi connectivity index (χ3v) is 7.12. The predicted octanol–water partition coefficient (Wildman–Crippen LogP) is 2.59. The summed E-state index contributed by atoms with van der Waals surface area (Å²) in [5.74, 6) is 0. The van der Waals surface area contributed by atoms with Crippen LogP contribution in [0.15, 0.2) is 0 Å².